The quantitative estimate of drug-likeness (QED) is 0.439. The average Bonchev–Trinajstić information content (AvgIpc) is 3.07. The molecule has 2 heterocycles. The number of hydrogen-bond donors (Lipinski definition) is 1. The number of nitro groups is 1. The molecule has 0 fully saturated rings. The summed E-state index contributed by atoms with van der Waals surface area (Å²) in [6, 6.07) is 0. The topological polar surface area (TPSA) is 134 Å². The van der Waals surface area contributed by atoms with Crippen LogP contribution in [0.25, 0.3) is 0 Å². The molecule has 0 aliphatic heterocycles. The van der Waals surface area contributed by atoms with Crippen LogP contribution in [0.5, 0.6) is 0 Å². The van der Waals surface area contributed by atoms with Crippen molar-refractivity contribution in [3.05, 3.63) is 33.3 Å². The van der Waals surface area contributed by atoms with E-state index in [0.29, 0.717) is 11.4 Å². The SMILES string of the molecule is CCOC(=O)c1cnn(C)c1NC(=O)C(C)Cn1nc(C)c([N+](=O)[O-])c1C. The highest BCUT2D eigenvalue weighted by Crippen LogP contribution is 2.23. The van der Waals surface area contributed by atoms with Gasteiger partial charge in [-0.1, -0.05) is 6.92 Å². The molecule has 0 radical (unpaired) electrons. The predicted octanol–water partition coefficient (Wildman–Crippen LogP) is 1.59. The monoisotopic (exact) mass is 378 g/mol. The highest BCUT2D eigenvalue weighted by Gasteiger charge is 2.25. The first-order valence-electron chi connectivity index (χ1n) is 8.35. The molecule has 1 amide bonds. The van der Waals surface area contributed by atoms with Crippen molar-refractivity contribution in [2.24, 2.45) is 13.0 Å². The van der Waals surface area contributed by atoms with Crippen molar-refractivity contribution in [2.45, 2.75) is 34.2 Å². The predicted molar refractivity (Wildman–Crippen MR) is 95.3 cm³/mol. The van der Waals surface area contributed by atoms with Crippen molar-refractivity contribution >= 4 is 23.4 Å². The van der Waals surface area contributed by atoms with Gasteiger partial charge < -0.3 is 10.1 Å². The summed E-state index contributed by atoms with van der Waals surface area (Å²) in [5, 5.41) is 21.9. The van der Waals surface area contributed by atoms with E-state index in [1.54, 1.807) is 34.7 Å². The van der Waals surface area contributed by atoms with Crippen LogP contribution in [0.3, 0.4) is 0 Å². The zero-order valence-electron chi connectivity index (χ0n) is 15.8. The summed E-state index contributed by atoms with van der Waals surface area (Å²) in [5.74, 6) is -1.29. The van der Waals surface area contributed by atoms with Gasteiger partial charge in [0.15, 0.2) is 0 Å². The van der Waals surface area contributed by atoms with Crippen LogP contribution < -0.4 is 5.32 Å². The van der Waals surface area contributed by atoms with Gasteiger partial charge in [0.25, 0.3) is 0 Å². The largest absolute Gasteiger partial charge is 0.462 e. The Morgan fingerprint density at radius 3 is 2.63 bits per heavy atom. The van der Waals surface area contributed by atoms with E-state index in [1.165, 1.54) is 15.6 Å². The maximum Gasteiger partial charge on any atom is 0.343 e. The number of nitrogens with zero attached hydrogens (tertiary/aromatic N) is 5. The van der Waals surface area contributed by atoms with Gasteiger partial charge in [-0.15, -0.1) is 0 Å². The molecular weight excluding hydrogens is 356 g/mol. The van der Waals surface area contributed by atoms with Gasteiger partial charge in [-0.25, -0.2) is 4.79 Å². The summed E-state index contributed by atoms with van der Waals surface area (Å²) in [7, 11) is 1.59. The number of esters is 1. The number of carbonyl (C=O) groups is 2. The van der Waals surface area contributed by atoms with Gasteiger partial charge in [0.2, 0.25) is 5.91 Å². The van der Waals surface area contributed by atoms with E-state index in [4.69, 9.17) is 4.74 Å². The fourth-order valence-electron chi connectivity index (χ4n) is 2.66. The minimum atomic E-state index is -0.581. The van der Waals surface area contributed by atoms with Gasteiger partial charge in [0.1, 0.15) is 22.8 Å². The van der Waals surface area contributed by atoms with Crippen LogP contribution in [0.2, 0.25) is 0 Å². The molecule has 2 aromatic heterocycles. The van der Waals surface area contributed by atoms with Gasteiger partial charge in [0, 0.05) is 7.05 Å². The summed E-state index contributed by atoms with van der Waals surface area (Å²) in [4.78, 5) is 35.1. The Labute approximate surface area is 155 Å². The highest BCUT2D eigenvalue weighted by molar-refractivity contribution is 6.00. The number of amides is 1. The number of aryl methyl sites for hydroxylation is 2. The van der Waals surface area contributed by atoms with Crippen LogP contribution in [0.1, 0.15) is 35.6 Å². The summed E-state index contributed by atoms with van der Waals surface area (Å²) in [6.07, 6.45) is 1.32. The highest BCUT2D eigenvalue weighted by atomic mass is 16.6. The number of hydrogen-bond acceptors (Lipinski definition) is 7. The van der Waals surface area contributed by atoms with Gasteiger partial charge in [-0.05, 0) is 20.8 Å². The molecule has 2 aromatic rings. The Bertz CT molecular complexity index is 884. The van der Waals surface area contributed by atoms with E-state index < -0.39 is 16.8 Å². The molecule has 0 aliphatic carbocycles. The third kappa shape index (κ3) is 4.13. The molecule has 0 spiro atoms. The van der Waals surface area contributed by atoms with Gasteiger partial charge in [0.05, 0.1) is 30.2 Å². The number of aromatic nitrogens is 4. The molecule has 1 unspecified atom stereocenters. The second-order valence-corrected chi connectivity index (χ2v) is 6.10. The molecule has 0 saturated carbocycles. The van der Waals surface area contributed by atoms with E-state index in [2.05, 4.69) is 15.5 Å². The van der Waals surface area contributed by atoms with E-state index in [-0.39, 0.29) is 36.1 Å². The van der Waals surface area contributed by atoms with Crippen LogP contribution in [0, 0.1) is 29.9 Å². The molecule has 2 rings (SSSR count). The number of ether oxygens (including phenoxy) is 1. The molecule has 146 valence electrons. The third-order valence-electron chi connectivity index (χ3n) is 4.10. The third-order valence-corrected chi connectivity index (χ3v) is 4.10. The molecule has 1 atom stereocenters. The Morgan fingerprint density at radius 1 is 1.41 bits per heavy atom. The lowest BCUT2D eigenvalue weighted by atomic mass is 10.1. The van der Waals surface area contributed by atoms with E-state index in [0.717, 1.165) is 0 Å². The molecule has 0 aromatic carbocycles. The number of anilines is 1. The number of carbonyl (C=O) groups excluding carboxylic acids is 2. The Morgan fingerprint density at radius 2 is 2.07 bits per heavy atom. The average molecular weight is 378 g/mol. The van der Waals surface area contributed by atoms with Crippen LogP contribution >= 0.6 is 0 Å². The molecular formula is C16H22N6O5. The van der Waals surface area contributed by atoms with Crippen LogP contribution in [0.15, 0.2) is 6.20 Å². The molecule has 11 nitrogen and oxygen atoms in total. The van der Waals surface area contributed by atoms with E-state index >= 15 is 0 Å². The Kier molecular flexibility index (Phi) is 5.93. The van der Waals surface area contributed by atoms with Crippen LogP contribution in [-0.4, -0.2) is 43.0 Å². The first-order chi connectivity index (χ1) is 12.7. The van der Waals surface area contributed by atoms with Gasteiger partial charge in [-0.2, -0.15) is 10.2 Å². The lowest BCUT2D eigenvalue weighted by molar-refractivity contribution is -0.386. The minimum absolute atomic E-state index is 0.0566. The fraction of sp³-hybridized carbons (Fsp3) is 0.500. The summed E-state index contributed by atoms with van der Waals surface area (Å²) < 4.78 is 7.76. The first kappa shape index (κ1) is 20.1. The normalized spacial score (nSPS) is 11.9. The van der Waals surface area contributed by atoms with Gasteiger partial charge in [-0.3, -0.25) is 24.3 Å². The number of nitrogens with one attached hydrogen (secondary N) is 1. The molecule has 11 heteroatoms. The van der Waals surface area contributed by atoms with Crippen LogP contribution in [-0.2, 0) is 23.1 Å². The Balaban J connectivity index is 2.16. The van der Waals surface area contributed by atoms with Crippen molar-refractivity contribution < 1.29 is 19.2 Å². The molecule has 0 bridgehead atoms. The second kappa shape index (κ2) is 7.98. The molecule has 0 saturated heterocycles. The summed E-state index contributed by atoms with van der Waals surface area (Å²) in [6.45, 7) is 6.84. The minimum Gasteiger partial charge on any atom is -0.462 e. The van der Waals surface area contributed by atoms with Crippen molar-refractivity contribution in [3.63, 3.8) is 0 Å². The standard InChI is InChI=1S/C16H22N6O5/c1-6-27-16(24)12-7-17-20(5)14(12)18-15(23)9(2)8-21-11(4)13(22(25)26)10(3)19-21/h7,9H,6,8H2,1-5H3,(H,18,23). The summed E-state index contributed by atoms with van der Waals surface area (Å²) >= 11 is 0. The fourth-order valence-corrected chi connectivity index (χ4v) is 2.66. The van der Waals surface area contributed by atoms with Crippen LogP contribution in [0.4, 0.5) is 11.5 Å². The zero-order valence-corrected chi connectivity index (χ0v) is 15.8. The lowest BCUT2D eigenvalue weighted by Gasteiger charge is -2.14. The molecule has 27 heavy (non-hydrogen) atoms. The van der Waals surface area contributed by atoms with E-state index in [1.807, 2.05) is 0 Å². The van der Waals surface area contributed by atoms with Crippen molar-refractivity contribution in [1.29, 1.82) is 0 Å². The lowest BCUT2D eigenvalue weighted by Crippen LogP contribution is -2.27. The Hall–Kier alpha value is -3.24. The maximum absolute atomic E-state index is 12.6. The number of rotatable bonds is 7. The van der Waals surface area contributed by atoms with Crippen molar-refractivity contribution in [3.8, 4) is 0 Å². The van der Waals surface area contributed by atoms with Gasteiger partial charge >= 0.3 is 11.7 Å². The maximum atomic E-state index is 12.6. The van der Waals surface area contributed by atoms with Crippen molar-refractivity contribution in [1.82, 2.24) is 19.6 Å². The first-order valence-corrected chi connectivity index (χ1v) is 8.35. The second-order valence-electron chi connectivity index (χ2n) is 6.10. The molecule has 1 N–H and O–H groups in total. The smallest absolute Gasteiger partial charge is 0.343 e. The van der Waals surface area contributed by atoms with E-state index in [9.17, 15) is 19.7 Å². The zero-order chi connectivity index (χ0) is 20.3. The van der Waals surface area contributed by atoms with Crippen molar-refractivity contribution in [2.75, 3.05) is 11.9 Å². The molecule has 0 aliphatic rings. The summed E-state index contributed by atoms with van der Waals surface area (Å²) in [5.41, 5.74) is 0.770.